The zero-order chi connectivity index (χ0) is 19.3. The molecule has 0 saturated heterocycles. The molecule has 1 N–H and O–H groups in total. The van der Waals surface area contributed by atoms with E-state index in [1.54, 1.807) is 24.3 Å². The van der Waals surface area contributed by atoms with Crippen LogP contribution in [0.3, 0.4) is 0 Å². The molecule has 2 rings (SSSR count). The maximum Gasteiger partial charge on any atom is 0.265 e. The summed E-state index contributed by atoms with van der Waals surface area (Å²) in [6.45, 7) is 3.82. The van der Waals surface area contributed by atoms with Crippen LogP contribution in [0, 0.1) is 6.92 Å². The molecule has 2 aromatic rings. The lowest BCUT2D eigenvalue weighted by molar-refractivity contribution is -0.122. The number of ether oxygens (including phenoxy) is 1. The van der Waals surface area contributed by atoms with Gasteiger partial charge < -0.3 is 10.1 Å². The van der Waals surface area contributed by atoms with E-state index in [1.165, 1.54) is 11.4 Å². The Morgan fingerprint density at radius 1 is 1.19 bits per heavy atom. The van der Waals surface area contributed by atoms with Crippen molar-refractivity contribution in [2.45, 2.75) is 26.4 Å². The van der Waals surface area contributed by atoms with E-state index in [0.717, 1.165) is 17.5 Å². The van der Waals surface area contributed by atoms with Gasteiger partial charge in [0.05, 0.1) is 11.9 Å². The molecule has 26 heavy (non-hydrogen) atoms. The highest BCUT2D eigenvalue weighted by atomic mass is 32.2. The number of benzene rings is 2. The summed E-state index contributed by atoms with van der Waals surface area (Å²) >= 11 is 0. The molecule has 6 nitrogen and oxygen atoms in total. The van der Waals surface area contributed by atoms with E-state index in [9.17, 15) is 13.2 Å². The molecule has 0 spiro atoms. The molecule has 0 aliphatic heterocycles. The summed E-state index contributed by atoms with van der Waals surface area (Å²) < 4.78 is 30.1. The third-order valence-electron chi connectivity index (χ3n) is 3.92. The summed E-state index contributed by atoms with van der Waals surface area (Å²) in [7, 11) is -1.84. The fourth-order valence-electron chi connectivity index (χ4n) is 2.36. The monoisotopic (exact) mass is 376 g/mol. The van der Waals surface area contributed by atoms with Crippen molar-refractivity contribution in [1.29, 1.82) is 0 Å². The van der Waals surface area contributed by atoms with Gasteiger partial charge in [-0.2, -0.15) is 0 Å². The second-order valence-electron chi connectivity index (χ2n) is 6.10. The largest absolute Gasteiger partial charge is 0.481 e. The molecule has 0 unspecified atom stereocenters. The van der Waals surface area contributed by atoms with E-state index in [2.05, 4.69) is 5.32 Å². The minimum Gasteiger partial charge on any atom is -0.481 e. The molecule has 0 bridgehead atoms. The van der Waals surface area contributed by atoms with Gasteiger partial charge in [-0.05, 0) is 55.3 Å². The molecule has 1 amide bonds. The first-order chi connectivity index (χ1) is 12.2. The van der Waals surface area contributed by atoms with Gasteiger partial charge in [0.25, 0.3) is 5.91 Å². The molecule has 0 fully saturated rings. The standard InChI is InChI=1S/C19H24N2O4S/c1-5-18(19(22)20-15-8-6-7-14(2)13-15)25-17-11-9-16(10-12-17)21(3)26(4,23)24/h6-13,18H,5H2,1-4H3,(H,20,22)/t18-/m0/s1. The fraction of sp³-hybridized carbons (Fsp3) is 0.316. The average molecular weight is 376 g/mol. The summed E-state index contributed by atoms with van der Waals surface area (Å²) in [5.74, 6) is 0.275. The van der Waals surface area contributed by atoms with E-state index in [-0.39, 0.29) is 5.91 Å². The molecule has 0 heterocycles. The number of nitrogens with zero attached hydrogens (tertiary/aromatic N) is 1. The van der Waals surface area contributed by atoms with E-state index in [4.69, 9.17) is 4.74 Å². The van der Waals surface area contributed by atoms with Crippen LogP contribution in [0.1, 0.15) is 18.9 Å². The van der Waals surface area contributed by atoms with Crippen LogP contribution in [-0.2, 0) is 14.8 Å². The third kappa shape index (κ3) is 5.23. The lowest BCUT2D eigenvalue weighted by atomic mass is 10.2. The number of hydrogen-bond donors (Lipinski definition) is 1. The minimum absolute atomic E-state index is 0.226. The summed E-state index contributed by atoms with van der Waals surface area (Å²) in [6, 6.07) is 14.1. The second-order valence-corrected chi connectivity index (χ2v) is 8.11. The quantitative estimate of drug-likeness (QED) is 0.805. The topological polar surface area (TPSA) is 75.7 Å². The molecule has 0 radical (unpaired) electrons. The number of amides is 1. The molecular weight excluding hydrogens is 352 g/mol. The van der Waals surface area contributed by atoms with Crippen molar-refractivity contribution >= 4 is 27.3 Å². The number of aryl methyl sites for hydroxylation is 1. The third-order valence-corrected chi connectivity index (χ3v) is 5.13. The highest BCUT2D eigenvalue weighted by molar-refractivity contribution is 7.92. The molecule has 0 aliphatic rings. The van der Waals surface area contributed by atoms with Gasteiger partial charge >= 0.3 is 0 Å². The Labute approximate surface area is 154 Å². The second kappa shape index (κ2) is 8.23. The maximum atomic E-state index is 12.4. The van der Waals surface area contributed by atoms with Crippen molar-refractivity contribution < 1.29 is 17.9 Å². The summed E-state index contributed by atoms with van der Waals surface area (Å²) in [5.41, 5.74) is 2.31. The molecule has 0 aliphatic carbocycles. The van der Waals surface area contributed by atoms with Crippen molar-refractivity contribution in [1.82, 2.24) is 0 Å². The Hall–Kier alpha value is -2.54. The van der Waals surface area contributed by atoms with Gasteiger partial charge in [0.15, 0.2) is 6.10 Å². The molecule has 7 heteroatoms. The number of carbonyl (C=O) groups is 1. The van der Waals surface area contributed by atoms with Crippen LogP contribution in [0.15, 0.2) is 48.5 Å². The Balaban J connectivity index is 2.06. The van der Waals surface area contributed by atoms with Gasteiger partial charge in [-0.3, -0.25) is 9.10 Å². The molecule has 0 saturated carbocycles. The number of sulfonamides is 1. The van der Waals surface area contributed by atoms with E-state index in [1.807, 2.05) is 38.1 Å². The number of hydrogen-bond acceptors (Lipinski definition) is 4. The summed E-state index contributed by atoms with van der Waals surface area (Å²) in [6.07, 6.45) is 0.997. The maximum absolute atomic E-state index is 12.4. The van der Waals surface area contributed by atoms with E-state index < -0.39 is 16.1 Å². The first-order valence-electron chi connectivity index (χ1n) is 8.29. The number of anilines is 2. The zero-order valence-corrected chi connectivity index (χ0v) is 16.2. The Kier molecular flexibility index (Phi) is 6.26. The van der Waals surface area contributed by atoms with Crippen molar-refractivity contribution in [3.8, 4) is 5.75 Å². The summed E-state index contributed by atoms with van der Waals surface area (Å²) in [4.78, 5) is 12.4. The van der Waals surface area contributed by atoms with E-state index >= 15 is 0 Å². The fourth-order valence-corrected chi connectivity index (χ4v) is 2.86. The van der Waals surface area contributed by atoms with E-state index in [0.29, 0.717) is 17.9 Å². The highest BCUT2D eigenvalue weighted by Crippen LogP contribution is 2.22. The number of carbonyl (C=O) groups excluding carboxylic acids is 1. The Morgan fingerprint density at radius 2 is 1.85 bits per heavy atom. The zero-order valence-electron chi connectivity index (χ0n) is 15.4. The molecular formula is C19H24N2O4S. The number of rotatable bonds is 7. The smallest absolute Gasteiger partial charge is 0.265 e. The molecule has 1 atom stereocenters. The minimum atomic E-state index is -3.32. The average Bonchev–Trinajstić information content (AvgIpc) is 2.58. The Bertz CT molecular complexity index is 863. The normalized spacial score (nSPS) is 12.3. The first kappa shape index (κ1) is 19.8. The van der Waals surface area contributed by atoms with Crippen molar-refractivity contribution in [2.24, 2.45) is 0 Å². The van der Waals surface area contributed by atoms with Gasteiger partial charge in [0.1, 0.15) is 5.75 Å². The van der Waals surface area contributed by atoms with Crippen LogP contribution in [0.2, 0.25) is 0 Å². The van der Waals surface area contributed by atoms with Crippen LogP contribution >= 0.6 is 0 Å². The highest BCUT2D eigenvalue weighted by Gasteiger charge is 2.19. The molecule has 2 aromatic carbocycles. The van der Waals surface area contributed by atoms with Crippen LogP contribution in [0.4, 0.5) is 11.4 Å². The van der Waals surface area contributed by atoms with Crippen LogP contribution in [0.25, 0.3) is 0 Å². The SMILES string of the molecule is CC[C@H](Oc1ccc(N(C)S(C)(=O)=O)cc1)C(=O)Nc1cccc(C)c1. The Morgan fingerprint density at radius 3 is 2.38 bits per heavy atom. The predicted molar refractivity (Wildman–Crippen MR) is 104 cm³/mol. The molecule has 0 aromatic heterocycles. The van der Waals surface area contributed by atoms with Crippen LogP contribution in [-0.4, -0.2) is 33.7 Å². The van der Waals surface area contributed by atoms with Crippen molar-refractivity contribution in [2.75, 3.05) is 22.9 Å². The van der Waals surface area contributed by atoms with Gasteiger partial charge in [0, 0.05) is 12.7 Å². The lowest BCUT2D eigenvalue weighted by Gasteiger charge is -2.19. The van der Waals surface area contributed by atoms with Gasteiger partial charge in [-0.15, -0.1) is 0 Å². The van der Waals surface area contributed by atoms with Crippen LogP contribution < -0.4 is 14.4 Å². The van der Waals surface area contributed by atoms with Crippen molar-refractivity contribution in [3.05, 3.63) is 54.1 Å². The first-order valence-corrected chi connectivity index (χ1v) is 10.1. The number of nitrogens with one attached hydrogen (secondary N) is 1. The van der Waals surface area contributed by atoms with Crippen molar-refractivity contribution in [3.63, 3.8) is 0 Å². The van der Waals surface area contributed by atoms with Gasteiger partial charge in [-0.25, -0.2) is 8.42 Å². The summed E-state index contributed by atoms with van der Waals surface area (Å²) in [5, 5.41) is 2.85. The van der Waals surface area contributed by atoms with Gasteiger partial charge in [-0.1, -0.05) is 19.1 Å². The molecule has 140 valence electrons. The lowest BCUT2D eigenvalue weighted by Crippen LogP contribution is -2.32. The van der Waals surface area contributed by atoms with Gasteiger partial charge in [0.2, 0.25) is 10.0 Å². The van der Waals surface area contributed by atoms with Crippen LogP contribution in [0.5, 0.6) is 5.75 Å². The predicted octanol–water partition coefficient (Wildman–Crippen LogP) is 3.19.